The molecule has 0 atom stereocenters. The van der Waals surface area contributed by atoms with Crippen molar-refractivity contribution in [2.24, 2.45) is 0 Å². The van der Waals surface area contributed by atoms with Crippen molar-refractivity contribution in [2.45, 2.75) is 6.92 Å². The lowest BCUT2D eigenvalue weighted by atomic mass is 10.1. The summed E-state index contributed by atoms with van der Waals surface area (Å²) in [7, 11) is 0. The van der Waals surface area contributed by atoms with E-state index in [4.69, 9.17) is 11.6 Å². The number of hydrogen-bond acceptors (Lipinski definition) is 2. The van der Waals surface area contributed by atoms with Crippen molar-refractivity contribution >= 4 is 35.2 Å². The quantitative estimate of drug-likeness (QED) is 0.598. The second-order valence-electron chi connectivity index (χ2n) is 6.22. The highest BCUT2D eigenvalue weighted by Gasteiger charge is 2.15. The van der Waals surface area contributed by atoms with Gasteiger partial charge in [0.25, 0.3) is 11.8 Å². The smallest absolute Gasteiger partial charge is 0.272 e. The Morgan fingerprint density at radius 3 is 2.32 bits per heavy atom. The van der Waals surface area contributed by atoms with Crippen LogP contribution in [0.5, 0.6) is 0 Å². The summed E-state index contributed by atoms with van der Waals surface area (Å²) in [4.78, 5) is 25.4. The molecule has 0 aliphatic rings. The van der Waals surface area contributed by atoms with E-state index in [2.05, 4.69) is 10.6 Å². The fraction of sp³-hybridized carbons (Fsp3) is 0.0435. The van der Waals surface area contributed by atoms with Crippen LogP contribution in [0.4, 0.5) is 5.69 Å². The number of nitrogens with one attached hydrogen (secondary N) is 2. The summed E-state index contributed by atoms with van der Waals surface area (Å²) in [5, 5.41) is 5.99. The van der Waals surface area contributed by atoms with E-state index in [1.54, 1.807) is 54.6 Å². The standard InChI is InChI=1S/C23H19ClN2O2/c1-16-8-7-12-19(14-16)25-23(28)21(15-18-11-5-6-13-20(18)24)26-22(27)17-9-3-2-4-10-17/h2-15H,1H3,(H,25,28)(H,26,27). The van der Waals surface area contributed by atoms with Crippen molar-refractivity contribution in [2.75, 3.05) is 5.32 Å². The second kappa shape index (κ2) is 9.02. The molecule has 28 heavy (non-hydrogen) atoms. The number of hydrogen-bond donors (Lipinski definition) is 2. The number of aryl methyl sites for hydroxylation is 1. The highest BCUT2D eigenvalue weighted by molar-refractivity contribution is 6.32. The van der Waals surface area contributed by atoms with Crippen LogP contribution < -0.4 is 10.6 Å². The van der Waals surface area contributed by atoms with Crippen LogP contribution in [0.2, 0.25) is 5.02 Å². The van der Waals surface area contributed by atoms with Gasteiger partial charge in [0, 0.05) is 16.3 Å². The van der Waals surface area contributed by atoms with E-state index < -0.39 is 5.91 Å². The Balaban J connectivity index is 1.91. The van der Waals surface area contributed by atoms with Gasteiger partial charge in [-0.2, -0.15) is 0 Å². The van der Waals surface area contributed by atoms with Crippen molar-refractivity contribution in [1.29, 1.82) is 0 Å². The lowest BCUT2D eigenvalue weighted by molar-refractivity contribution is -0.113. The average molecular weight is 391 g/mol. The summed E-state index contributed by atoms with van der Waals surface area (Å²) in [6.45, 7) is 1.94. The van der Waals surface area contributed by atoms with E-state index in [9.17, 15) is 9.59 Å². The van der Waals surface area contributed by atoms with E-state index in [1.165, 1.54) is 0 Å². The van der Waals surface area contributed by atoms with Gasteiger partial charge < -0.3 is 10.6 Å². The van der Waals surface area contributed by atoms with Crippen LogP contribution in [0.1, 0.15) is 21.5 Å². The van der Waals surface area contributed by atoms with Gasteiger partial charge in [0.2, 0.25) is 0 Å². The van der Waals surface area contributed by atoms with Crippen molar-refractivity contribution in [3.63, 3.8) is 0 Å². The van der Waals surface area contributed by atoms with Crippen LogP contribution in [-0.2, 0) is 4.79 Å². The molecule has 0 radical (unpaired) electrons. The van der Waals surface area contributed by atoms with Crippen LogP contribution in [0, 0.1) is 6.92 Å². The number of anilines is 1. The zero-order valence-corrected chi connectivity index (χ0v) is 16.0. The zero-order chi connectivity index (χ0) is 19.9. The lowest BCUT2D eigenvalue weighted by Gasteiger charge is -2.12. The minimum Gasteiger partial charge on any atom is -0.321 e. The molecule has 0 aromatic heterocycles. The van der Waals surface area contributed by atoms with E-state index in [-0.39, 0.29) is 11.6 Å². The molecule has 5 heteroatoms. The third-order valence-corrected chi connectivity index (χ3v) is 4.35. The Morgan fingerprint density at radius 2 is 1.61 bits per heavy atom. The molecule has 0 spiro atoms. The molecule has 3 rings (SSSR count). The largest absolute Gasteiger partial charge is 0.321 e. The molecule has 0 aliphatic heterocycles. The first-order valence-electron chi connectivity index (χ1n) is 8.73. The summed E-state index contributed by atoms with van der Waals surface area (Å²) in [5.41, 5.74) is 2.85. The highest BCUT2D eigenvalue weighted by atomic mass is 35.5. The van der Waals surface area contributed by atoms with E-state index in [0.717, 1.165) is 5.56 Å². The Morgan fingerprint density at radius 1 is 0.893 bits per heavy atom. The Kier molecular flexibility index (Phi) is 6.25. The first-order valence-corrected chi connectivity index (χ1v) is 9.11. The fourth-order valence-electron chi connectivity index (χ4n) is 2.61. The molecule has 4 nitrogen and oxygen atoms in total. The third-order valence-electron chi connectivity index (χ3n) is 4.01. The first-order chi connectivity index (χ1) is 13.5. The van der Waals surface area contributed by atoms with Gasteiger partial charge in [-0.3, -0.25) is 9.59 Å². The third kappa shape index (κ3) is 5.09. The average Bonchev–Trinajstić information content (AvgIpc) is 2.69. The van der Waals surface area contributed by atoms with Crippen LogP contribution in [0.3, 0.4) is 0 Å². The lowest BCUT2D eigenvalue weighted by Crippen LogP contribution is -2.30. The summed E-state index contributed by atoms with van der Waals surface area (Å²) in [6, 6.07) is 23.3. The van der Waals surface area contributed by atoms with Crippen LogP contribution in [0.15, 0.2) is 84.6 Å². The van der Waals surface area contributed by atoms with Gasteiger partial charge in [-0.25, -0.2) is 0 Å². The number of carbonyl (C=O) groups excluding carboxylic acids is 2. The van der Waals surface area contributed by atoms with Gasteiger partial charge in [-0.1, -0.05) is 60.1 Å². The van der Waals surface area contributed by atoms with Crippen LogP contribution >= 0.6 is 11.6 Å². The maximum absolute atomic E-state index is 12.9. The summed E-state index contributed by atoms with van der Waals surface area (Å²) < 4.78 is 0. The van der Waals surface area contributed by atoms with Crippen molar-refractivity contribution < 1.29 is 9.59 Å². The predicted octanol–water partition coefficient (Wildman–Crippen LogP) is 5.06. The Hall–Kier alpha value is -3.37. The topological polar surface area (TPSA) is 58.2 Å². The second-order valence-corrected chi connectivity index (χ2v) is 6.63. The van der Waals surface area contributed by atoms with Crippen molar-refractivity contribution in [3.8, 4) is 0 Å². The molecule has 2 N–H and O–H groups in total. The molecular weight excluding hydrogens is 372 g/mol. The molecule has 0 saturated heterocycles. The van der Waals surface area contributed by atoms with Gasteiger partial charge in [-0.05, 0) is 54.5 Å². The van der Waals surface area contributed by atoms with Crippen LogP contribution in [0.25, 0.3) is 6.08 Å². The van der Waals surface area contributed by atoms with Gasteiger partial charge in [-0.15, -0.1) is 0 Å². The number of halogens is 1. The molecule has 0 unspecified atom stereocenters. The molecule has 0 heterocycles. The molecule has 0 aliphatic carbocycles. The normalized spacial score (nSPS) is 11.0. The molecule has 2 amide bonds. The SMILES string of the molecule is Cc1cccc(NC(=O)C(=Cc2ccccc2Cl)NC(=O)c2ccccc2)c1. The van der Waals surface area contributed by atoms with E-state index in [0.29, 0.717) is 21.8 Å². The molecule has 3 aromatic rings. The summed E-state index contributed by atoms with van der Waals surface area (Å²) in [5.74, 6) is -0.812. The molecular formula is C23H19ClN2O2. The number of amides is 2. The van der Waals surface area contributed by atoms with Gasteiger partial charge in [0.1, 0.15) is 5.70 Å². The number of rotatable bonds is 5. The van der Waals surface area contributed by atoms with Crippen LogP contribution in [-0.4, -0.2) is 11.8 Å². The van der Waals surface area contributed by atoms with Gasteiger partial charge in [0.15, 0.2) is 0 Å². The van der Waals surface area contributed by atoms with Gasteiger partial charge >= 0.3 is 0 Å². The Labute approximate surface area is 168 Å². The summed E-state index contributed by atoms with van der Waals surface area (Å²) >= 11 is 6.22. The highest BCUT2D eigenvalue weighted by Crippen LogP contribution is 2.19. The first kappa shape index (κ1) is 19.4. The van der Waals surface area contributed by atoms with E-state index in [1.807, 2.05) is 37.3 Å². The molecule has 0 bridgehead atoms. The minimum atomic E-state index is -0.435. The molecule has 0 saturated carbocycles. The number of carbonyl (C=O) groups is 2. The Bertz CT molecular complexity index is 1030. The minimum absolute atomic E-state index is 0.100. The summed E-state index contributed by atoms with van der Waals surface area (Å²) in [6.07, 6.45) is 1.56. The maximum atomic E-state index is 12.9. The van der Waals surface area contributed by atoms with Gasteiger partial charge in [0.05, 0.1) is 0 Å². The number of benzene rings is 3. The maximum Gasteiger partial charge on any atom is 0.272 e. The van der Waals surface area contributed by atoms with Crippen molar-refractivity contribution in [1.82, 2.24) is 5.32 Å². The molecule has 0 fully saturated rings. The monoisotopic (exact) mass is 390 g/mol. The molecule has 3 aromatic carbocycles. The van der Waals surface area contributed by atoms with E-state index >= 15 is 0 Å². The fourth-order valence-corrected chi connectivity index (χ4v) is 2.80. The zero-order valence-electron chi connectivity index (χ0n) is 15.3. The molecule has 140 valence electrons. The predicted molar refractivity (Wildman–Crippen MR) is 113 cm³/mol. The van der Waals surface area contributed by atoms with Crippen molar-refractivity contribution in [3.05, 3.63) is 106 Å².